The molecule has 2 aromatic rings. The summed E-state index contributed by atoms with van der Waals surface area (Å²) in [4.78, 5) is 23.2. The second kappa shape index (κ2) is 8.26. The van der Waals surface area contributed by atoms with E-state index in [1.807, 2.05) is 0 Å². The molecule has 8 heteroatoms. The molecule has 0 radical (unpaired) electrons. The molecule has 0 saturated heterocycles. The third-order valence-corrected chi connectivity index (χ3v) is 3.11. The molecule has 24 heavy (non-hydrogen) atoms. The van der Waals surface area contributed by atoms with Crippen molar-refractivity contribution in [1.82, 2.24) is 5.32 Å². The molecule has 5 nitrogen and oxygen atoms in total. The Kier molecular flexibility index (Phi) is 6.08. The Bertz CT molecular complexity index is 718. The number of rotatable bonds is 6. The van der Waals surface area contributed by atoms with Crippen LogP contribution in [0, 0.1) is 11.6 Å². The Hall–Kier alpha value is -2.67. The summed E-state index contributed by atoms with van der Waals surface area (Å²) in [6.45, 7) is -0.764. The molecule has 0 saturated carbocycles. The number of amides is 2. The highest BCUT2D eigenvalue weighted by Gasteiger charge is 2.12. The van der Waals surface area contributed by atoms with Crippen molar-refractivity contribution in [2.45, 2.75) is 0 Å². The van der Waals surface area contributed by atoms with E-state index >= 15 is 0 Å². The van der Waals surface area contributed by atoms with Gasteiger partial charge in [0.2, 0.25) is 5.91 Å². The molecule has 126 valence electrons. The van der Waals surface area contributed by atoms with Gasteiger partial charge in [0.25, 0.3) is 5.91 Å². The molecule has 0 aliphatic carbocycles. The van der Waals surface area contributed by atoms with Crippen molar-refractivity contribution in [3.05, 3.63) is 59.1 Å². The number of carbonyl (C=O) groups excluding carboxylic acids is 2. The summed E-state index contributed by atoms with van der Waals surface area (Å²) < 4.78 is 31.9. The first-order valence-electron chi connectivity index (χ1n) is 6.84. The zero-order valence-corrected chi connectivity index (χ0v) is 13.1. The number of carbonyl (C=O) groups is 2. The van der Waals surface area contributed by atoms with Gasteiger partial charge in [0.05, 0.1) is 6.54 Å². The van der Waals surface area contributed by atoms with Crippen LogP contribution in [0.15, 0.2) is 42.5 Å². The van der Waals surface area contributed by atoms with Gasteiger partial charge < -0.3 is 15.4 Å². The normalized spacial score (nSPS) is 10.1. The van der Waals surface area contributed by atoms with Gasteiger partial charge >= 0.3 is 0 Å². The standard InChI is InChI=1S/C16H13ClF2N2O3/c17-10-4-6-11(7-5-10)24-9-15(23)20-8-14(22)21-16-12(18)2-1-3-13(16)19/h1-7H,8-9H2,(H,20,23)(H,21,22). The quantitative estimate of drug-likeness (QED) is 0.838. The maximum atomic E-state index is 13.4. The van der Waals surface area contributed by atoms with Gasteiger partial charge in [0, 0.05) is 5.02 Å². The second-order valence-electron chi connectivity index (χ2n) is 4.66. The summed E-state index contributed by atoms with van der Waals surface area (Å²) in [5.74, 6) is -2.69. The maximum absolute atomic E-state index is 13.4. The molecule has 0 fully saturated rings. The van der Waals surface area contributed by atoms with Crippen LogP contribution in [0.2, 0.25) is 5.02 Å². The Morgan fingerprint density at radius 3 is 2.25 bits per heavy atom. The first-order valence-corrected chi connectivity index (χ1v) is 7.22. The fourth-order valence-corrected chi connectivity index (χ4v) is 1.84. The highest BCUT2D eigenvalue weighted by atomic mass is 35.5. The molecule has 0 unspecified atom stereocenters. The highest BCUT2D eigenvalue weighted by Crippen LogP contribution is 2.17. The molecular formula is C16H13ClF2N2O3. The maximum Gasteiger partial charge on any atom is 0.258 e. The van der Waals surface area contributed by atoms with Crippen LogP contribution < -0.4 is 15.4 Å². The average molecular weight is 355 g/mol. The molecule has 2 amide bonds. The molecule has 0 spiro atoms. The minimum atomic E-state index is -0.902. The Morgan fingerprint density at radius 2 is 1.62 bits per heavy atom. The van der Waals surface area contributed by atoms with E-state index in [4.69, 9.17) is 16.3 Å². The number of anilines is 1. The van der Waals surface area contributed by atoms with Gasteiger partial charge in [-0.1, -0.05) is 17.7 Å². The summed E-state index contributed by atoms with van der Waals surface area (Å²) in [5, 5.41) is 4.86. The summed E-state index contributed by atoms with van der Waals surface area (Å²) in [6.07, 6.45) is 0. The Morgan fingerprint density at radius 1 is 1.00 bits per heavy atom. The van der Waals surface area contributed by atoms with Crippen LogP contribution in [-0.4, -0.2) is 25.0 Å². The SMILES string of the molecule is O=C(COc1ccc(Cl)cc1)NCC(=O)Nc1c(F)cccc1F. The Labute approximate surface area is 141 Å². The Balaban J connectivity index is 1.77. The van der Waals surface area contributed by atoms with Crippen molar-refractivity contribution in [2.75, 3.05) is 18.5 Å². The number of ether oxygens (including phenoxy) is 1. The zero-order chi connectivity index (χ0) is 17.5. The minimum absolute atomic E-state index is 0.316. The molecule has 0 heterocycles. The van der Waals surface area contributed by atoms with Crippen molar-refractivity contribution in [3.8, 4) is 5.75 Å². The minimum Gasteiger partial charge on any atom is -0.484 e. The first-order chi connectivity index (χ1) is 11.5. The molecule has 2 N–H and O–H groups in total. The van der Waals surface area contributed by atoms with Crippen molar-refractivity contribution in [3.63, 3.8) is 0 Å². The van der Waals surface area contributed by atoms with Crippen molar-refractivity contribution >= 4 is 29.1 Å². The molecule has 0 bridgehead atoms. The molecule has 2 rings (SSSR count). The van der Waals surface area contributed by atoms with Gasteiger partial charge in [0.15, 0.2) is 6.61 Å². The van der Waals surface area contributed by atoms with E-state index in [0.717, 1.165) is 12.1 Å². The first kappa shape index (κ1) is 17.7. The number of hydrogen-bond acceptors (Lipinski definition) is 3. The highest BCUT2D eigenvalue weighted by molar-refractivity contribution is 6.30. The third kappa shape index (κ3) is 5.20. The fraction of sp³-hybridized carbons (Fsp3) is 0.125. The topological polar surface area (TPSA) is 67.4 Å². The van der Waals surface area contributed by atoms with Crippen LogP contribution in [0.1, 0.15) is 0 Å². The summed E-state index contributed by atoms with van der Waals surface area (Å²) in [7, 11) is 0. The van der Waals surface area contributed by atoms with Crippen LogP contribution >= 0.6 is 11.6 Å². The van der Waals surface area contributed by atoms with Crippen molar-refractivity contribution in [2.24, 2.45) is 0 Å². The monoisotopic (exact) mass is 354 g/mol. The number of nitrogens with one attached hydrogen (secondary N) is 2. The molecule has 0 aromatic heterocycles. The summed E-state index contributed by atoms with van der Waals surface area (Å²) in [5.41, 5.74) is -0.561. The lowest BCUT2D eigenvalue weighted by Gasteiger charge is -2.09. The van der Waals surface area contributed by atoms with E-state index < -0.39 is 35.7 Å². The molecular weight excluding hydrogens is 342 g/mol. The number of hydrogen-bond donors (Lipinski definition) is 2. The second-order valence-corrected chi connectivity index (χ2v) is 5.10. The lowest BCUT2D eigenvalue weighted by atomic mass is 10.3. The number of benzene rings is 2. The molecule has 0 atom stereocenters. The number of halogens is 3. The summed E-state index contributed by atoms with van der Waals surface area (Å²) >= 11 is 5.71. The van der Waals surface area contributed by atoms with Crippen LogP contribution in [0.4, 0.5) is 14.5 Å². The van der Waals surface area contributed by atoms with Gasteiger partial charge in [-0.3, -0.25) is 9.59 Å². The van der Waals surface area contributed by atoms with E-state index in [0.29, 0.717) is 10.8 Å². The fourth-order valence-electron chi connectivity index (χ4n) is 1.71. The molecule has 2 aromatic carbocycles. The van der Waals surface area contributed by atoms with Gasteiger partial charge in [0.1, 0.15) is 23.1 Å². The predicted octanol–water partition coefficient (Wildman–Crippen LogP) is 2.75. The third-order valence-electron chi connectivity index (χ3n) is 2.86. The van der Waals surface area contributed by atoms with Crippen LogP contribution in [0.3, 0.4) is 0 Å². The predicted molar refractivity (Wildman–Crippen MR) is 84.9 cm³/mol. The van der Waals surface area contributed by atoms with Crippen LogP contribution in [0.25, 0.3) is 0 Å². The lowest BCUT2D eigenvalue weighted by Crippen LogP contribution is -2.36. The smallest absolute Gasteiger partial charge is 0.258 e. The van der Waals surface area contributed by atoms with Crippen LogP contribution in [-0.2, 0) is 9.59 Å². The molecule has 0 aliphatic rings. The van der Waals surface area contributed by atoms with E-state index in [2.05, 4.69) is 10.6 Å². The van der Waals surface area contributed by atoms with Gasteiger partial charge in [-0.15, -0.1) is 0 Å². The number of para-hydroxylation sites is 1. The largest absolute Gasteiger partial charge is 0.484 e. The van der Waals surface area contributed by atoms with Gasteiger partial charge in [-0.25, -0.2) is 8.78 Å². The van der Waals surface area contributed by atoms with Crippen LogP contribution in [0.5, 0.6) is 5.75 Å². The van der Waals surface area contributed by atoms with Gasteiger partial charge in [-0.2, -0.15) is 0 Å². The summed E-state index contributed by atoms with van der Waals surface area (Å²) in [6, 6.07) is 9.58. The molecule has 0 aliphatic heterocycles. The van der Waals surface area contributed by atoms with Gasteiger partial charge in [-0.05, 0) is 36.4 Å². The van der Waals surface area contributed by atoms with E-state index in [9.17, 15) is 18.4 Å². The average Bonchev–Trinajstić information content (AvgIpc) is 2.56. The van der Waals surface area contributed by atoms with E-state index in [-0.39, 0.29) is 6.61 Å². The zero-order valence-electron chi connectivity index (χ0n) is 12.3. The lowest BCUT2D eigenvalue weighted by molar-refractivity contribution is -0.125. The van der Waals surface area contributed by atoms with E-state index in [1.54, 1.807) is 24.3 Å². The van der Waals surface area contributed by atoms with E-state index in [1.165, 1.54) is 6.07 Å². The van der Waals surface area contributed by atoms with Crippen molar-refractivity contribution in [1.29, 1.82) is 0 Å². The van der Waals surface area contributed by atoms with Crippen molar-refractivity contribution < 1.29 is 23.1 Å².